The average Bonchev–Trinajstić information content (AvgIpc) is 3.23. The molecule has 0 aliphatic carbocycles. The van der Waals surface area contributed by atoms with Crippen molar-refractivity contribution in [2.45, 2.75) is 4.90 Å². The van der Waals surface area contributed by atoms with Crippen molar-refractivity contribution in [3.8, 4) is 5.75 Å². The molecule has 26 heavy (non-hydrogen) atoms. The van der Waals surface area contributed by atoms with E-state index in [-0.39, 0.29) is 16.7 Å². The maximum Gasteiger partial charge on any atom is 0.286 e. The topological polar surface area (TPSA) is 84.8 Å². The number of amides is 1. The number of nitrogens with zero attached hydrogens (tertiary/aromatic N) is 1. The Morgan fingerprint density at radius 2 is 1.88 bits per heavy atom. The smallest absolute Gasteiger partial charge is 0.286 e. The van der Waals surface area contributed by atoms with Gasteiger partial charge < -0.3 is 10.1 Å². The van der Waals surface area contributed by atoms with E-state index >= 15 is 0 Å². The highest BCUT2D eigenvalue weighted by atomic mass is 32.2. The van der Waals surface area contributed by atoms with Crippen molar-refractivity contribution in [3.63, 3.8) is 0 Å². The molecular formula is C18H12N2O4S2. The van der Waals surface area contributed by atoms with Gasteiger partial charge in [0.2, 0.25) is 5.90 Å². The van der Waals surface area contributed by atoms with Gasteiger partial charge in [-0.1, -0.05) is 24.3 Å². The van der Waals surface area contributed by atoms with Gasteiger partial charge in [0, 0.05) is 11.8 Å². The van der Waals surface area contributed by atoms with Gasteiger partial charge >= 0.3 is 0 Å². The fourth-order valence-corrected chi connectivity index (χ4v) is 4.25. The fraction of sp³-hybridized carbons (Fsp3) is 0. The van der Waals surface area contributed by atoms with Crippen LogP contribution in [0.25, 0.3) is 0 Å². The summed E-state index contributed by atoms with van der Waals surface area (Å²) in [5.74, 6) is 0.172. The first kappa shape index (κ1) is 16.5. The van der Waals surface area contributed by atoms with E-state index in [4.69, 9.17) is 4.74 Å². The largest absolute Gasteiger partial charge is 0.438 e. The molecule has 3 aromatic rings. The Labute approximate surface area is 153 Å². The van der Waals surface area contributed by atoms with Gasteiger partial charge in [-0.3, -0.25) is 4.79 Å². The van der Waals surface area contributed by atoms with Crippen LogP contribution in [0.4, 0.5) is 5.69 Å². The normalized spacial score (nSPS) is 14.4. The molecule has 1 aliphatic rings. The molecule has 2 aromatic carbocycles. The van der Waals surface area contributed by atoms with Gasteiger partial charge in [0.05, 0.1) is 10.4 Å². The van der Waals surface area contributed by atoms with Crippen LogP contribution >= 0.6 is 11.3 Å². The van der Waals surface area contributed by atoms with E-state index in [9.17, 15) is 13.2 Å². The van der Waals surface area contributed by atoms with Crippen molar-refractivity contribution in [1.82, 2.24) is 0 Å². The summed E-state index contributed by atoms with van der Waals surface area (Å²) in [6, 6.07) is 16.7. The summed E-state index contributed by atoms with van der Waals surface area (Å²) < 4.78 is 33.5. The van der Waals surface area contributed by atoms with Crippen molar-refractivity contribution in [2.75, 3.05) is 5.32 Å². The number of ether oxygens (including phenoxy) is 1. The highest BCUT2D eigenvalue weighted by molar-refractivity contribution is 7.90. The van der Waals surface area contributed by atoms with Gasteiger partial charge in [0.15, 0.2) is 0 Å². The minimum Gasteiger partial charge on any atom is -0.438 e. The zero-order valence-corrected chi connectivity index (χ0v) is 14.9. The molecule has 0 spiro atoms. The number of thiophene rings is 1. The molecule has 8 heteroatoms. The van der Waals surface area contributed by atoms with Crippen LogP contribution in [-0.2, 0) is 10.0 Å². The molecule has 0 unspecified atom stereocenters. The Kier molecular flexibility index (Phi) is 4.06. The van der Waals surface area contributed by atoms with E-state index in [1.807, 2.05) is 5.38 Å². The predicted molar refractivity (Wildman–Crippen MR) is 99.5 cm³/mol. The number of sulfonamides is 1. The van der Waals surface area contributed by atoms with Crippen LogP contribution in [0.1, 0.15) is 15.2 Å². The lowest BCUT2D eigenvalue weighted by atomic mass is 10.2. The van der Waals surface area contributed by atoms with Crippen molar-refractivity contribution in [3.05, 3.63) is 76.5 Å². The SMILES string of the molecule is O=C(Nc1cccc(OC2=NS(=O)(=O)c3ccccc32)c1)c1cccs1. The van der Waals surface area contributed by atoms with Gasteiger partial charge in [-0.2, -0.15) is 8.42 Å². The summed E-state index contributed by atoms with van der Waals surface area (Å²) in [5, 5.41) is 4.60. The zero-order chi connectivity index (χ0) is 18.1. The molecule has 0 saturated carbocycles. The van der Waals surface area contributed by atoms with Crippen LogP contribution in [0.5, 0.6) is 5.75 Å². The summed E-state index contributed by atoms with van der Waals surface area (Å²) >= 11 is 1.34. The van der Waals surface area contributed by atoms with Crippen molar-refractivity contribution in [2.24, 2.45) is 4.40 Å². The second-order valence-electron chi connectivity index (χ2n) is 5.43. The summed E-state index contributed by atoms with van der Waals surface area (Å²) in [4.78, 5) is 12.9. The zero-order valence-electron chi connectivity index (χ0n) is 13.2. The van der Waals surface area contributed by atoms with E-state index in [1.54, 1.807) is 54.6 Å². The molecule has 1 aromatic heterocycles. The quantitative estimate of drug-likeness (QED) is 0.749. The third-order valence-corrected chi connectivity index (χ3v) is 5.84. The lowest BCUT2D eigenvalue weighted by Gasteiger charge is -2.08. The average molecular weight is 384 g/mol. The molecule has 6 nitrogen and oxygen atoms in total. The number of carbonyl (C=O) groups is 1. The van der Waals surface area contributed by atoms with Gasteiger partial charge in [0.25, 0.3) is 15.9 Å². The van der Waals surface area contributed by atoms with Crippen molar-refractivity contribution in [1.29, 1.82) is 0 Å². The Morgan fingerprint density at radius 3 is 2.69 bits per heavy atom. The third kappa shape index (κ3) is 3.12. The van der Waals surface area contributed by atoms with Crippen molar-refractivity contribution >= 4 is 38.9 Å². The summed E-state index contributed by atoms with van der Waals surface area (Å²) in [6.45, 7) is 0. The van der Waals surface area contributed by atoms with Crippen molar-refractivity contribution < 1.29 is 17.9 Å². The number of hydrogen-bond acceptors (Lipinski definition) is 5. The Balaban J connectivity index is 1.58. The fourth-order valence-electron chi connectivity index (χ4n) is 2.50. The lowest BCUT2D eigenvalue weighted by Crippen LogP contribution is -2.11. The minimum absolute atomic E-state index is 0.0160. The molecular weight excluding hydrogens is 372 g/mol. The number of rotatable bonds is 3. The maximum atomic E-state index is 12.1. The van der Waals surface area contributed by atoms with E-state index in [2.05, 4.69) is 9.71 Å². The summed E-state index contributed by atoms with van der Waals surface area (Å²) in [7, 11) is -3.74. The molecule has 4 rings (SSSR count). The molecule has 2 heterocycles. The molecule has 1 aliphatic heterocycles. The number of nitrogens with one attached hydrogen (secondary N) is 1. The highest BCUT2D eigenvalue weighted by Gasteiger charge is 2.30. The van der Waals surface area contributed by atoms with Crippen LogP contribution < -0.4 is 10.1 Å². The standard InChI is InChI=1S/C18H12N2O4S2/c21-17(15-8-4-10-25-15)19-12-5-3-6-13(11-12)24-18-14-7-1-2-9-16(14)26(22,23)20-18/h1-11H,(H,19,21). The van der Waals surface area contributed by atoms with Crippen LogP contribution in [0.3, 0.4) is 0 Å². The first-order valence-electron chi connectivity index (χ1n) is 7.60. The molecule has 0 bridgehead atoms. The van der Waals surface area contributed by atoms with Crippen LogP contribution in [0.2, 0.25) is 0 Å². The van der Waals surface area contributed by atoms with Gasteiger partial charge in [-0.25, -0.2) is 0 Å². The second-order valence-corrected chi connectivity index (χ2v) is 7.95. The van der Waals surface area contributed by atoms with Crippen LogP contribution in [-0.4, -0.2) is 20.2 Å². The maximum absolute atomic E-state index is 12.1. The van der Waals surface area contributed by atoms with Gasteiger partial charge in [-0.05, 0) is 35.7 Å². The monoisotopic (exact) mass is 384 g/mol. The van der Waals surface area contributed by atoms with E-state index in [0.29, 0.717) is 21.9 Å². The molecule has 1 N–H and O–H groups in total. The van der Waals surface area contributed by atoms with Crippen LogP contribution in [0, 0.1) is 0 Å². The van der Waals surface area contributed by atoms with E-state index < -0.39 is 10.0 Å². The predicted octanol–water partition coefficient (Wildman–Crippen LogP) is 3.53. The first-order valence-corrected chi connectivity index (χ1v) is 9.92. The number of benzene rings is 2. The molecule has 130 valence electrons. The molecule has 0 atom stereocenters. The number of anilines is 1. The Bertz CT molecular complexity index is 1120. The molecule has 1 amide bonds. The van der Waals surface area contributed by atoms with E-state index in [0.717, 1.165) is 0 Å². The second kappa shape index (κ2) is 6.40. The van der Waals surface area contributed by atoms with Gasteiger partial charge in [-0.15, -0.1) is 15.7 Å². The third-order valence-electron chi connectivity index (χ3n) is 3.65. The van der Waals surface area contributed by atoms with Crippen LogP contribution in [0.15, 0.2) is 75.3 Å². The molecule has 0 radical (unpaired) electrons. The highest BCUT2D eigenvalue weighted by Crippen LogP contribution is 2.28. The number of fused-ring (bicyclic) bond motifs is 1. The van der Waals surface area contributed by atoms with Gasteiger partial charge in [0.1, 0.15) is 10.6 Å². The van der Waals surface area contributed by atoms with E-state index in [1.165, 1.54) is 17.4 Å². The Hall–Kier alpha value is -2.97. The number of carbonyl (C=O) groups excluding carboxylic acids is 1. The molecule has 0 saturated heterocycles. The number of hydrogen-bond donors (Lipinski definition) is 1. The minimum atomic E-state index is -3.74. The summed E-state index contributed by atoms with van der Waals surface area (Å²) in [5.41, 5.74) is 0.955. The molecule has 0 fully saturated rings. The summed E-state index contributed by atoms with van der Waals surface area (Å²) in [6.07, 6.45) is 0. The Morgan fingerprint density at radius 1 is 1.04 bits per heavy atom. The first-order chi connectivity index (χ1) is 12.5. The lowest BCUT2D eigenvalue weighted by molar-refractivity contribution is 0.103.